The maximum absolute atomic E-state index is 12.4. The van der Waals surface area contributed by atoms with E-state index in [-0.39, 0.29) is 5.78 Å². The summed E-state index contributed by atoms with van der Waals surface area (Å²) in [6.45, 7) is 2.77. The Balaban J connectivity index is 2.20. The first kappa shape index (κ1) is 14.2. The number of carbonyl (C=O) groups is 1. The second-order valence-corrected chi connectivity index (χ2v) is 6.90. The van der Waals surface area contributed by atoms with E-state index in [0.717, 1.165) is 18.4 Å². The van der Waals surface area contributed by atoms with Crippen LogP contribution in [0.25, 0.3) is 0 Å². The Morgan fingerprint density at radius 3 is 2.58 bits per heavy atom. The van der Waals surface area contributed by atoms with E-state index >= 15 is 0 Å². The van der Waals surface area contributed by atoms with Crippen LogP contribution in [0.5, 0.6) is 0 Å². The Bertz CT molecular complexity index is 560. The zero-order valence-corrected chi connectivity index (χ0v) is 11.9. The Hall–Kier alpha value is -1.20. The molecule has 0 aromatic heterocycles. The predicted octanol–water partition coefficient (Wildman–Crippen LogP) is 1.99. The highest BCUT2D eigenvalue weighted by atomic mass is 32.2. The molecule has 1 aromatic rings. The molecule has 0 bridgehead atoms. The van der Waals surface area contributed by atoms with E-state index < -0.39 is 10.0 Å². The lowest BCUT2D eigenvalue weighted by molar-refractivity contribution is -0.116. The van der Waals surface area contributed by atoms with Gasteiger partial charge >= 0.3 is 0 Å². The van der Waals surface area contributed by atoms with Crippen LogP contribution in [0.4, 0.5) is 0 Å². The number of sulfonamides is 1. The first-order valence-electron chi connectivity index (χ1n) is 6.59. The van der Waals surface area contributed by atoms with Gasteiger partial charge in [-0.15, -0.1) is 0 Å². The van der Waals surface area contributed by atoms with E-state index in [1.54, 1.807) is 25.1 Å². The molecule has 4 nitrogen and oxygen atoms in total. The summed E-state index contributed by atoms with van der Waals surface area (Å²) in [5, 5.41) is 0. The molecule has 0 saturated carbocycles. The highest BCUT2D eigenvalue weighted by molar-refractivity contribution is 7.89. The molecular formula is C14H19NO3S. The molecule has 1 heterocycles. The molecule has 2 rings (SSSR count). The van der Waals surface area contributed by atoms with Gasteiger partial charge in [-0.25, -0.2) is 8.42 Å². The standard InChI is InChI=1S/C14H19NO3S/c1-12(16)7-8-13-5-4-6-14(11-13)19(17,18)15-9-2-3-10-15/h4-6,11H,2-3,7-10H2,1H3. The quantitative estimate of drug-likeness (QED) is 0.829. The summed E-state index contributed by atoms with van der Waals surface area (Å²) in [5.74, 6) is 0.118. The Labute approximate surface area is 114 Å². The van der Waals surface area contributed by atoms with Gasteiger partial charge in [0.25, 0.3) is 0 Å². The second kappa shape index (κ2) is 5.84. The van der Waals surface area contributed by atoms with E-state index in [0.29, 0.717) is 30.8 Å². The zero-order valence-electron chi connectivity index (χ0n) is 11.1. The summed E-state index contributed by atoms with van der Waals surface area (Å²) in [5.41, 5.74) is 0.899. The van der Waals surface area contributed by atoms with Crippen LogP contribution in [0.2, 0.25) is 0 Å². The van der Waals surface area contributed by atoms with Gasteiger partial charge in [-0.05, 0) is 43.9 Å². The van der Waals surface area contributed by atoms with Gasteiger partial charge in [0, 0.05) is 19.5 Å². The maximum Gasteiger partial charge on any atom is 0.243 e. The van der Waals surface area contributed by atoms with Crippen molar-refractivity contribution >= 4 is 15.8 Å². The summed E-state index contributed by atoms with van der Waals surface area (Å²) in [6, 6.07) is 6.94. The van der Waals surface area contributed by atoms with Crippen molar-refractivity contribution in [2.45, 2.75) is 37.5 Å². The number of benzene rings is 1. The van der Waals surface area contributed by atoms with Crippen LogP contribution in [0.1, 0.15) is 31.7 Å². The summed E-state index contributed by atoms with van der Waals surface area (Å²) >= 11 is 0. The number of hydrogen-bond donors (Lipinski definition) is 0. The molecule has 1 aliphatic rings. The average molecular weight is 281 g/mol. The van der Waals surface area contributed by atoms with Crippen LogP contribution < -0.4 is 0 Å². The van der Waals surface area contributed by atoms with Gasteiger partial charge < -0.3 is 4.79 Å². The van der Waals surface area contributed by atoms with Crippen molar-refractivity contribution in [3.63, 3.8) is 0 Å². The van der Waals surface area contributed by atoms with Crippen LogP contribution in [0.15, 0.2) is 29.2 Å². The van der Waals surface area contributed by atoms with Gasteiger partial charge in [0.1, 0.15) is 5.78 Å². The Morgan fingerprint density at radius 2 is 1.95 bits per heavy atom. The van der Waals surface area contributed by atoms with E-state index in [4.69, 9.17) is 0 Å². The van der Waals surface area contributed by atoms with Crippen LogP contribution in [0.3, 0.4) is 0 Å². The van der Waals surface area contributed by atoms with Gasteiger partial charge in [0.05, 0.1) is 4.90 Å². The highest BCUT2D eigenvalue weighted by Gasteiger charge is 2.27. The largest absolute Gasteiger partial charge is 0.300 e. The van der Waals surface area contributed by atoms with Gasteiger partial charge in [-0.1, -0.05) is 12.1 Å². The zero-order chi connectivity index (χ0) is 13.9. The van der Waals surface area contributed by atoms with Gasteiger partial charge in [0.2, 0.25) is 10.0 Å². The molecule has 0 atom stereocenters. The average Bonchev–Trinajstić information content (AvgIpc) is 2.91. The lowest BCUT2D eigenvalue weighted by Crippen LogP contribution is -2.27. The number of Topliss-reactive ketones (excluding diaryl/α,β-unsaturated/α-hetero) is 1. The third kappa shape index (κ3) is 3.42. The number of hydrogen-bond acceptors (Lipinski definition) is 3. The van der Waals surface area contributed by atoms with E-state index in [1.165, 1.54) is 4.31 Å². The lowest BCUT2D eigenvalue weighted by atomic mass is 10.1. The van der Waals surface area contributed by atoms with Gasteiger partial charge in [-0.2, -0.15) is 4.31 Å². The number of nitrogens with zero attached hydrogens (tertiary/aromatic N) is 1. The Kier molecular flexibility index (Phi) is 4.37. The van der Waals surface area contributed by atoms with E-state index in [2.05, 4.69) is 0 Å². The molecule has 19 heavy (non-hydrogen) atoms. The first-order chi connectivity index (χ1) is 9.00. The van der Waals surface area contributed by atoms with Crippen LogP contribution in [-0.4, -0.2) is 31.6 Å². The van der Waals surface area contributed by atoms with E-state index in [9.17, 15) is 13.2 Å². The summed E-state index contributed by atoms with van der Waals surface area (Å²) < 4.78 is 26.3. The van der Waals surface area contributed by atoms with Crippen LogP contribution in [0, 0.1) is 0 Å². The van der Waals surface area contributed by atoms with E-state index in [1.807, 2.05) is 6.07 Å². The third-order valence-electron chi connectivity index (χ3n) is 3.37. The fourth-order valence-corrected chi connectivity index (χ4v) is 3.85. The maximum atomic E-state index is 12.4. The molecule has 0 aliphatic carbocycles. The molecular weight excluding hydrogens is 262 g/mol. The summed E-state index contributed by atoms with van der Waals surface area (Å²) in [6.07, 6.45) is 2.92. The number of aryl methyl sites for hydroxylation is 1. The van der Waals surface area contributed by atoms with Crippen molar-refractivity contribution in [3.8, 4) is 0 Å². The molecule has 0 spiro atoms. The lowest BCUT2D eigenvalue weighted by Gasteiger charge is -2.16. The molecule has 0 N–H and O–H groups in total. The predicted molar refractivity (Wildman–Crippen MR) is 73.4 cm³/mol. The van der Waals surface area contributed by atoms with Crippen molar-refractivity contribution < 1.29 is 13.2 Å². The third-order valence-corrected chi connectivity index (χ3v) is 5.26. The van der Waals surface area contributed by atoms with Crippen molar-refractivity contribution in [1.82, 2.24) is 4.31 Å². The fourth-order valence-electron chi connectivity index (χ4n) is 2.26. The van der Waals surface area contributed by atoms with Crippen molar-refractivity contribution in [2.75, 3.05) is 13.1 Å². The molecule has 104 valence electrons. The molecule has 1 aliphatic heterocycles. The minimum absolute atomic E-state index is 0.118. The highest BCUT2D eigenvalue weighted by Crippen LogP contribution is 2.21. The molecule has 5 heteroatoms. The summed E-state index contributed by atoms with van der Waals surface area (Å²) in [7, 11) is -3.35. The molecule has 1 saturated heterocycles. The van der Waals surface area contributed by atoms with Crippen molar-refractivity contribution in [3.05, 3.63) is 29.8 Å². The molecule has 0 amide bonds. The SMILES string of the molecule is CC(=O)CCc1cccc(S(=O)(=O)N2CCCC2)c1. The number of ketones is 1. The molecule has 0 unspecified atom stereocenters. The van der Waals surface area contributed by atoms with Crippen LogP contribution >= 0.6 is 0 Å². The van der Waals surface area contributed by atoms with Gasteiger partial charge in [-0.3, -0.25) is 0 Å². The topological polar surface area (TPSA) is 54.5 Å². The normalized spacial score (nSPS) is 16.7. The van der Waals surface area contributed by atoms with Crippen molar-refractivity contribution in [1.29, 1.82) is 0 Å². The van der Waals surface area contributed by atoms with Crippen molar-refractivity contribution in [2.24, 2.45) is 0 Å². The molecule has 1 fully saturated rings. The van der Waals surface area contributed by atoms with Gasteiger partial charge in [0.15, 0.2) is 0 Å². The molecule has 1 aromatic carbocycles. The van der Waals surface area contributed by atoms with Crippen LogP contribution in [-0.2, 0) is 21.2 Å². The number of carbonyl (C=O) groups excluding carboxylic acids is 1. The smallest absolute Gasteiger partial charge is 0.243 e. The molecule has 0 radical (unpaired) electrons. The first-order valence-corrected chi connectivity index (χ1v) is 8.03. The second-order valence-electron chi connectivity index (χ2n) is 4.96. The minimum Gasteiger partial charge on any atom is -0.300 e. The Morgan fingerprint density at radius 1 is 1.26 bits per heavy atom. The number of rotatable bonds is 5. The summed E-state index contributed by atoms with van der Waals surface area (Å²) in [4.78, 5) is 11.3. The monoisotopic (exact) mass is 281 g/mol. The minimum atomic E-state index is -3.35. The fraction of sp³-hybridized carbons (Fsp3) is 0.500.